The van der Waals surface area contributed by atoms with Gasteiger partial charge in [0.15, 0.2) is 9.84 Å². The summed E-state index contributed by atoms with van der Waals surface area (Å²) in [4.78, 5) is 11.9. The molecule has 2 aliphatic rings. The Morgan fingerprint density at radius 3 is 2.50 bits per heavy atom. The van der Waals surface area contributed by atoms with E-state index in [9.17, 15) is 13.2 Å². The first-order chi connectivity index (χ1) is 9.44. The standard InChI is InChI=1S/C14H26N2O3S/c15-12-6-3-11(4-7-12)5-8-14(17)16-13-2-1-9-20(18,19)10-13/h11-13H,1-10,15H2,(H,16,17). The number of nitrogens with one attached hydrogen (secondary N) is 1. The lowest BCUT2D eigenvalue weighted by Crippen LogP contribution is -2.43. The lowest BCUT2D eigenvalue weighted by molar-refractivity contribution is -0.122. The van der Waals surface area contributed by atoms with Crippen molar-refractivity contribution in [3.63, 3.8) is 0 Å². The smallest absolute Gasteiger partial charge is 0.220 e. The molecule has 0 spiro atoms. The van der Waals surface area contributed by atoms with Gasteiger partial charge in [0.1, 0.15) is 0 Å². The molecular formula is C14H26N2O3S. The molecule has 1 heterocycles. The molecule has 2 rings (SSSR count). The van der Waals surface area contributed by atoms with Gasteiger partial charge >= 0.3 is 0 Å². The van der Waals surface area contributed by atoms with Gasteiger partial charge in [-0.25, -0.2) is 8.42 Å². The molecule has 1 aliphatic heterocycles. The van der Waals surface area contributed by atoms with Gasteiger partial charge in [0.25, 0.3) is 0 Å². The van der Waals surface area contributed by atoms with Crippen molar-refractivity contribution in [3.8, 4) is 0 Å². The maximum atomic E-state index is 11.9. The second kappa shape index (κ2) is 6.89. The Balaban J connectivity index is 1.67. The maximum Gasteiger partial charge on any atom is 0.220 e. The fourth-order valence-corrected chi connectivity index (χ4v) is 4.88. The van der Waals surface area contributed by atoms with E-state index in [0.717, 1.165) is 38.5 Å². The van der Waals surface area contributed by atoms with E-state index in [1.54, 1.807) is 0 Å². The molecule has 0 bridgehead atoms. The molecule has 1 unspecified atom stereocenters. The van der Waals surface area contributed by atoms with Crippen LogP contribution < -0.4 is 11.1 Å². The topological polar surface area (TPSA) is 89.3 Å². The summed E-state index contributed by atoms with van der Waals surface area (Å²) >= 11 is 0. The third-order valence-electron chi connectivity index (χ3n) is 4.50. The zero-order valence-corrected chi connectivity index (χ0v) is 12.8. The number of amides is 1. The zero-order chi connectivity index (χ0) is 14.6. The molecule has 2 fully saturated rings. The van der Waals surface area contributed by atoms with Crippen molar-refractivity contribution >= 4 is 15.7 Å². The molecule has 0 aromatic heterocycles. The van der Waals surface area contributed by atoms with E-state index in [0.29, 0.717) is 24.8 Å². The van der Waals surface area contributed by atoms with Crippen molar-refractivity contribution in [2.45, 2.75) is 63.5 Å². The monoisotopic (exact) mass is 302 g/mol. The molecule has 0 aromatic carbocycles. The second-order valence-corrected chi connectivity index (χ2v) is 8.57. The Kier molecular flexibility index (Phi) is 5.43. The van der Waals surface area contributed by atoms with Gasteiger partial charge in [-0.1, -0.05) is 0 Å². The van der Waals surface area contributed by atoms with Crippen LogP contribution in [-0.4, -0.2) is 37.9 Å². The van der Waals surface area contributed by atoms with Crippen LogP contribution in [0.25, 0.3) is 0 Å². The van der Waals surface area contributed by atoms with Crippen LogP contribution in [0.1, 0.15) is 51.4 Å². The molecule has 5 nitrogen and oxygen atoms in total. The lowest BCUT2D eigenvalue weighted by Gasteiger charge is -2.26. The number of sulfone groups is 1. The molecule has 0 aromatic rings. The van der Waals surface area contributed by atoms with Crippen LogP contribution in [0, 0.1) is 5.92 Å². The first-order valence-electron chi connectivity index (χ1n) is 7.70. The molecule has 1 atom stereocenters. The van der Waals surface area contributed by atoms with Crippen LogP contribution >= 0.6 is 0 Å². The van der Waals surface area contributed by atoms with Gasteiger partial charge in [-0.2, -0.15) is 0 Å². The summed E-state index contributed by atoms with van der Waals surface area (Å²) in [6.07, 6.45) is 7.21. The highest BCUT2D eigenvalue weighted by Crippen LogP contribution is 2.26. The second-order valence-electron chi connectivity index (χ2n) is 6.34. The number of hydrogen-bond donors (Lipinski definition) is 2. The summed E-state index contributed by atoms with van der Waals surface area (Å²) in [5, 5.41) is 2.88. The summed E-state index contributed by atoms with van der Waals surface area (Å²) in [5.41, 5.74) is 5.87. The van der Waals surface area contributed by atoms with Gasteiger partial charge in [0.05, 0.1) is 11.5 Å². The highest BCUT2D eigenvalue weighted by molar-refractivity contribution is 7.91. The quantitative estimate of drug-likeness (QED) is 0.810. The van der Waals surface area contributed by atoms with E-state index >= 15 is 0 Å². The van der Waals surface area contributed by atoms with Crippen molar-refractivity contribution in [2.75, 3.05) is 11.5 Å². The van der Waals surface area contributed by atoms with Gasteiger partial charge in [0, 0.05) is 18.5 Å². The van der Waals surface area contributed by atoms with E-state index in [-0.39, 0.29) is 23.5 Å². The van der Waals surface area contributed by atoms with Crippen molar-refractivity contribution in [2.24, 2.45) is 11.7 Å². The van der Waals surface area contributed by atoms with Gasteiger partial charge in [0.2, 0.25) is 5.91 Å². The predicted octanol–water partition coefficient (Wildman–Crippen LogP) is 0.977. The van der Waals surface area contributed by atoms with Gasteiger partial charge in [-0.05, 0) is 50.9 Å². The van der Waals surface area contributed by atoms with Crippen LogP contribution in [0.3, 0.4) is 0 Å². The Hall–Kier alpha value is -0.620. The predicted molar refractivity (Wildman–Crippen MR) is 79.0 cm³/mol. The molecule has 1 aliphatic carbocycles. The maximum absolute atomic E-state index is 11.9. The summed E-state index contributed by atoms with van der Waals surface area (Å²) in [6, 6.07) is 0.161. The molecule has 20 heavy (non-hydrogen) atoms. The Morgan fingerprint density at radius 2 is 1.85 bits per heavy atom. The van der Waals surface area contributed by atoms with Gasteiger partial charge < -0.3 is 11.1 Å². The average molecular weight is 302 g/mol. The molecule has 1 saturated carbocycles. The Bertz CT molecular complexity index is 428. The van der Waals surface area contributed by atoms with Crippen LogP contribution in [0.4, 0.5) is 0 Å². The van der Waals surface area contributed by atoms with Crippen LogP contribution in [0.5, 0.6) is 0 Å². The molecule has 0 radical (unpaired) electrons. The largest absolute Gasteiger partial charge is 0.352 e. The van der Waals surface area contributed by atoms with Crippen molar-refractivity contribution in [1.29, 1.82) is 0 Å². The van der Waals surface area contributed by atoms with Gasteiger partial charge in [-0.3, -0.25) is 4.79 Å². The Labute approximate surface area is 121 Å². The molecule has 1 saturated heterocycles. The fourth-order valence-electron chi connectivity index (χ4n) is 3.25. The van der Waals surface area contributed by atoms with Gasteiger partial charge in [-0.15, -0.1) is 0 Å². The summed E-state index contributed by atoms with van der Waals surface area (Å²) in [5.74, 6) is 0.983. The summed E-state index contributed by atoms with van der Waals surface area (Å²) < 4.78 is 23.0. The van der Waals surface area contributed by atoms with E-state index in [2.05, 4.69) is 5.32 Å². The fraction of sp³-hybridized carbons (Fsp3) is 0.929. The summed E-state index contributed by atoms with van der Waals surface area (Å²) in [6.45, 7) is 0. The van der Waals surface area contributed by atoms with Crippen molar-refractivity contribution in [3.05, 3.63) is 0 Å². The van der Waals surface area contributed by atoms with Crippen LogP contribution in [0.2, 0.25) is 0 Å². The molecule has 116 valence electrons. The van der Waals surface area contributed by atoms with E-state index in [1.165, 1.54) is 0 Å². The first kappa shape index (κ1) is 15.8. The molecule has 3 N–H and O–H groups in total. The Morgan fingerprint density at radius 1 is 1.15 bits per heavy atom. The first-order valence-corrected chi connectivity index (χ1v) is 9.52. The minimum atomic E-state index is -2.95. The van der Waals surface area contributed by atoms with Crippen molar-refractivity contribution < 1.29 is 13.2 Å². The average Bonchev–Trinajstić information content (AvgIpc) is 2.37. The third-order valence-corrected chi connectivity index (χ3v) is 6.32. The van der Waals surface area contributed by atoms with E-state index in [4.69, 9.17) is 5.73 Å². The SMILES string of the molecule is NC1CCC(CCC(=O)NC2CCCS(=O)(=O)C2)CC1. The zero-order valence-electron chi connectivity index (χ0n) is 12.0. The molecular weight excluding hydrogens is 276 g/mol. The van der Waals surface area contributed by atoms with E-state index in [1.807, 2.05) is 0 Å². The molecule has 6 heteroatoms. The lowest BCUT2D eigenvalue weighted by atomic mass is 9.84. The number of carbonyl (C=O) groups is 1. The number of carbonyl (C=O) groups excluding carboxylic acids is 1. The highest BCUT2D eigenvalue weighted by atomic mass is 32.2. The van der Waals surface area contributed by atoms with Crippen molar-refractivity contribution in [1.82, 2.24) is 5.32 Å². The molecule has 1 amide bonds. The van der Waals surface area contributed by atoms with Crippen LogP contribution in [0.15, 0.2) is 0 Å². The number of hydrogen-bond acceptors (Lipinski definition) is 4. The number of rotatable bonds is 4. The number of nitrogens with two attached hydrogens (primary N) is 1. The normalized spacial score (nSPS) is 33.5. The third kappa shape index (κ3) is 5.05. The minimum absolute atomic E-state index is 0.00183. The minimum Gasteiger partial charge on any atom is -0.352 e. The van der Waals surface area contributed by atoms with E-state index < -0.39 is 9.84 Å². The van der Waals surface area contributed by atoms with Crippen LogP contribution in [-0.2, 0) is 14.6 Å². The summed E-state index contributed by atoms with van der Waals surface area (Å²) in [7, 11) is -2.95. The highest BCUT2D eigenvalue weighted by Gasteiger charge is 2.26.